The van der Waals surface area contributed by atoms with E-state index in [0.717, 1.165) is 49.8 Å². The molecule has 3 rings (SSSR count). The van der Waals surface area contributed by atoms with Crippen LogP contribution >= 0.6 is 18.9 Å². The van der Waals surface area contributed by atoms with Crippen molar-refractivity contribution in [1.29, 1.82) is 0 Å². The third-order valence-corrected chi connectivity index (χ3v) is 5.92. The average Bonchev–Trinajstić information content (AvgIpc) is 3.07. The van der Waals surface area contributed by atoms with Crippen molar-refractivity contribution in [1.82, 2.24) is 19.0 Å². The van der Waals surface area contributed by atoms with Gasteiger partial charge in [0.25, 0.3) is 0 Å². The summed E-state index contributed by atoms with van der Waals surface area (Å²) in [5.41, 5.74) is 3.22. The lowest BCUT2D eigenvalue weighted by Gasteiger charge is -2.33. The minimum atomic E-state index is -5.08. The molecule has 1 aromatic carbocycles. The molecule has 2 N–H and O–H groups in total. The van der Waals surface area contributed by atoms with Crippen LogP contribution in [0.2, 0.25) is 0 Å². The molecular formula is C17H24F3N4O3PS. The SMILES string of the molecule is CP(C)(=O)CN1CCC(NCc2ccc3nsnc3c2)CC1.O=C(O)C(F)(F)F. The summed E-state index contributed by atoms with van der Waals surface area (Å²) in [6.45, 7) is 6.70. The van der Waals surface area contributed by atoms with Gasteiger partial charge in [0, 0.05) is 25.7 Å². The van der Waals surface area contributed by atoms with Crippen molar-refractivity contribution >= 4 is 35.9 Å². The third kappa shape index (κ3) is 8.38. The molecule has 1 aromatic heterocycles. The van der Waals surface area contributed by atoms with Gasteiger partial charge >= 0.3 is 12.1 Å². The Labute approximate surface area is 171 Å². The Balaban J connectivity index is 0.000000370. The molecule has 0 radical (unpaired) electrons. The zero-order chi connectivity index (χ0) is 21.7. The predicted octanol–water partition coefficient (Wildman–Crippen LogP) is 3.46. The summed E-state index contributed by atoms with van der Waals surface area (Å²) in [6.07, 6.45) is -2.08. The highest BCUT2D eigenvalue weighted by molar-refractivity contribution is 7.62. The topological polar surface area (TPSA) is 95.4 Å². The summed E-state index contributed by atoms with van der Waals surface area (Å²) in [6, 6.07) is 6.83. The van der Waals surface area contributed by atoms with Crippen molar-refractivity contribution in [3.05, 3.63) is 23.8 Å². The zero-order valence-electron chi connectivity index (χ0n) is 16.1. The molecule has 0 atom stereocenters. The highest BCUT2D eigenvalue weighted by Crippen LogP contribution is 2.37. The van der Waals surface area contributed by atoms with E-state index in [9.17, 15) is 17.7 Å². The number of rotatable bonds is 5. The highest BCUT2D eigenvalue weighted by atomic mass is 32.1. The molecule has 29 heavy (non-hydrogen) atoms. The highest BCUT2D eigenvalue weighted by Gasteiger charge is 2.38. The van der Waals surface area contributed by atoms with Crippen LogP contribution in [0.25, 0.3) is 11.0 Å². The molecule has 12 heteroatoms. The van der Waals surface area contributed by atoms with Crippen LogP contribution in [0, 0.1) is 0 Å². The number of aliphatic carboxylic acids is 1. The first-order valence-electron chi connectivity index (χ1n) is 8.95. The molecular weight excluding hydrogens is 428 g/mol. The van der Waals surface area contributed by atoms with Crippen LogP contribution < -0.4 is 5.32 Å². The van der Waals surface area contributed by atoms with Gasteiger partial charge in [-0.1, -0.05) is 6.07 Å². The molecule has 0 amide bonds. The van der Waals surface area contributed by atoms with Crippen molar-refractivity contribution in [3.8, 4) is 0 Å². The third-order valence-electron chi connectivity index (χ3n) is 4.28. The van der Waals surface area contributed by atoms with Gasteiger partial charge in [-0.3, -0.25) is 4.90 Å². The number of nitrogens with zero attached hydrogens (tertiary/aromatic N) is 3. The first-order valence-corrected chi connectivity index (χ1v) is 12.5. The average molecular weight is 452 g/mol. The Bertz CT molecular complexity index is 863. The fourth-order valence-electron chi connectivity index (χ4n) is 2.96. The fourth-order valence-corrected chi connectivity index (χ4v) is 4.72. The summed E-state index contributed by atoms with van der Waals surface area (Å²) in [7, 11) is -1.94. The molecule has 0 unspecified atom stereocenters. The molecule has 1 aliphatic heterocycles. The lowest BCUT2D eigenvalue weighted by Crippen LogP contribution is -2.42. The van der Waals surface area contributed by atoms with Crippen LogP contribution in [-0.4, -0.2) is 69.6 Å². The van der Waals surface area contributed by atoms with Gasteiger partial charge in [0.05, 0.1) is 25.2 Å². The number of aromatic nitrogens is 2. The molecule has 1 aliphatic rings. The van der Waals surface area contributed by atoms with E-state index in [2.05, 4.69) is 31.1 Å². The predicted molar refractivity (Wildman–Crippen MR) is 107 cm³/mol. The number of halogens is 3. The summed E-state index contributed by atoms with van der Waals surface area (Å²) in [4.78, 5) is 11.2. The Morgan fingerprint density at radius 1 is 1.28 bits per heavy atom. The van der Waals surface area contributed by atoms with E-state index < -0.39 is 19.3 Å². The van der Waals surface area contributed by atoms with Crippen molar-refractivity contribution in [2.24, 2.45) is 0 Å². The number of benzene rings is 1. The van der Waals surface area contributed by atoms with Crippen LogP contribution in [0.1, 0.15) is 18.4 Å². The number of hydrogen-bond acceptors (Lipinski definition) is 7. The second-order valence-electron chi connectivity index (χ2n) is 7.38. The van der Waals surface area contributed by atoms with Crippen molar-refractivity contribution in [2.45, 2.75) is 31.6 Å². The van der Waals surface area contributed by atoms with Gasteiger partial charge in [0.2, 0.25) is 0 Å². The minimum absolute atomic E-state index is 0.550. The number of fused-ring (bicyclic) bond motifs is 1. The van der Waals surface area contributed by atoms with Gasteiger partial charge in [0.15, 0.2) is 0 Å². The summed E-state index contributed by atoms with van der Waals surface area (Å²) >= 11 is 1.26. The molecule has 2 aromatic rings. The van der Waals surface area contributed by atoms with Gasteiger partial charge < -0.3 is 15.0 Å². The van der Waals surface area contributed by atoms with Gasteiger partial charge in [-0.15, -0.1) is 0 Å². The summed E-state index contributed by atoms with van der Waals surface area (Å²) < 4.78 is 52.1. The van der Waals surface area contributed by atoms with E-state index in [-0.39, 0.29) is 0 Å². The van der Waals surface area contributed by atoms with Gasteiger partial charge in [-0.05, 0) is 43.9 Å². The van der Waals surface area contributed by atoms with Gasteiger partial charge in [-0.2, -0.15) is 21.9 Å². The number of carbonyl (C=O) groups is 1. The Morgan fingerprint density at radius 2 is 1.86 bits per heavy atom. The lowest BCUT2D eigenvalue weighted by atomic mass is 10.1. The number of carboxylic acids is 1. The smallest absolute Gasteiger partial charge is 0.475 e. The summed E-state index contributed by atoms with van der Waals surface area (Å²) in [5.74, 6) is -2.76. The van der Waals surface area contributed by atoms with Crippen LogP contribution in [0.4, 0.5) is 13.2 Å². The van der Waals surface area contributed by atoms with Gasteiger partial charge in [-0.25, -0.2) is 4.79 Å². The minimum Gasteiger partial charge on any atom is -0.475 e. The lowest BCUT2D eigenvalue weighted by molar-refractivity contribution is -0.192. The Kier molecular flexibility index (Phi) is 8.16. The molecule has 0 saturated carbocycles. The van der Waals surface area contributed by atoms with Crippen molar-refractivity contribution < 1.29 is 27.6 Å². The van der Waals surface area contributed by atoms with Crippen molar-refractivity contribution in [2.75, 3.05) is 32.7 Å². The standard InChI is InChI=1S/C15H23N4OPS.C2HF3O2/c1-21(2,20)11-19-7-5-13(6-8-19)16-10-12-3-4-14-15(9-12)18-22-17-14;3-2(4,5)1(6)7/h3-4,9,13,16H,5-8,10-11H2,1-2H3;(H,6,7). The van der Waals surface area contributed by atoms with E-state index in [4.69, 9.17) is 9.90 Å². The van der Waals surface area contributed by atoms with E-state index in [0.29, 0.717) is 6.04 Å². The normalized spacial score (nSPS) is 16.4. The monoisotopic (exact) mass is 452 g/mol. The molecule has 1 fully saturated rings. The zero-order valence-corrected chi connectivity index (χ0v) is 17.9. The number of likely N-dealkylation sites (tertiary alicyclic amines) is 1. The molecule has 1 saturated heterocycles. The molecule has 2 heterocycles. The van der Waals surface area contributed by atoms with Crippen LogP contribution in [-0.2, 0) is 15.9 Å². The van der Waals surface area contributed by atoms with Crippen molar-refractivity contribution in [3.63, 3.8) is 0 Å². The number of nitrogens with one attached hydrogen (secondary N) is 1. The van der Waals surface area contributed by atoms with E-state index >= 15 is 0 Å². The number of hydrogen-bond donors (Lipinski definition) is 2. The molecule has 0 bridgehead atoms. The first kappa shape index (κ1) is 23.7. The largest absolute Gasteiger partial charge is 0.490 e. The molecule has 0 spiro atoms. The van der Waals surface area contributed by atoms with E-state index in [1.54, 1.807) is 0 Å². The van der Waals surface area contributed by atoms with Crippen LogP contribution in [0.3, 0.4) is 0 Å². The maximum atomic E-state index is 11.9. The molecule has 162 valence electrons. The Hall–Kier alpha value is -1.55. The quantitative estimate of drug-likeness (QED) is 0.671. The number of carboxylic acid groups (broad SMARTS) is 1. The van der Waals surface area contributed by atoms with Crippen LogP contribution in [0.5, 0.6) is 0 Å². The Morgan fingerprint density at radius 3 is 2.41 bits per heavy atom. The fraction of sp³-hybridized carbons (Fsp3) is 0.588. The second kappa shape index (κ2) is 9.97. The van der Waals surface area contributed by atoms with E-state index in [1.807, 2.05) is 19.4 Å². The maximum absolute atomic E-state index is 11.9. The summed E-state index contributed by atoms with van der Waals surface area (Å²) in [5, 5.41) is 10.8. The van der Waals surface area contributed by atoms with Gasteiger partial charge in [0.1, 0.15) is 11.0 Å². The maximum Gasteiger partial charge on any atom is 0.490 e. The van der Waals surface area contributed by atoms with E-state index in [1.165, 1.54) is 17.3 Å². The van der Waals surface area contributed by atoms with Crippen LogP contribution in [0.15, 0.2) is 18.2 Å². The number of alkyl halides is 3. The second-order valence-corrected chi connectivity index (χ2v) is 11.3. The molecule has 0 aliphatic carbocycles. The first-order chi connectivity index (χ1) is 13.4. The molecule has 7 nitrogen and oxygen atoms in total. The number of piperidine rings is 1.